The third-order valence-electron chi connectivity index (χ3n) is 4.53. The molecule has 0 saturated carbocycles. The molecule has 0 radical (unpaired) electrons. The van der Waals surface area contributed by atoms with Gasteiger partial charge >= 0.3 is 0 Å². The number of aromatic nitrogens is 3. The summed E-state index contributed by atoms with van der Waals surface area (Å²) in [4.78, 5) is 9.19. The van der Waals surface area contributed by atoms with Crippen LogP contribution < -0.4 is 5.32 Å². The fourth-order valence-electron chi connectivity index (χ4n) is 3.17. The van der Waals surface area contributed by atoms with E-state index in [9.17, 15) is 0 Å². The Morgan fingerprint density at radius 2 is 2.00 bits per heavy atom. The van der Waals surface area contributed by atoms with Crippen molar-refractivity contribution in [1.29, 1.82) is 0 Å². The van der Waals surface area contributed by atoms with Crippen molar-refractivity contribution in [3.8, 4) is 11.3 Å². The summed E-state index contributed by atoms with van der Waals surface area (Å²) in [5.74, 6) is 1.94. The maximum Gasteiger partial charge on any atom is 0.143 e. The molecule has 4 aromatic rings. The van der Waals surface area contributed by atoms with Gasteiger partial charge in [0.05, 0.1) is 0 Å². The number of nitrogens with one attached hydrogen (secondary N) is 1. The molecule has 4 rings (SSSR count). The first-order valence-electron chi connectivity index (χ1n) is 9.04. The van der Waals surface area contributed by atoms with Crippen molar-refractivity contribution in [1.82, 2.24) is 14.4 Å². The molecule has 3 aromatic heterocycles. The van der Waals surface area contributed by atoms with Gasteiger partial charge in [-0.2, -0.15) is 11.8 Å². The predicted octanol–water partition coefficient (Wildman–Crippen LogP) is 5.57. The summed E-state index contributed by atoms with van der Waals surface area (Å²) < 4.78 is 2.12. The highest BCUT2D eigenvalue weighted by atomic mass is 32.2. The molecule has 0 aliphatic carbocycles. The van der Waals surface area contributed by atoms with E-state index in [2.05, 4.69) is 70.5 Å². The van der Waals surface area contributed by atoms with E-state index in [4.69, 9.17) is 4.98 Å². The highest BCUT2D eigenvalue weighted by Gasteiger charge is 2.15. The molecule has 27 heavy (non-hydrogen) atoms. The van der Waals surface area contributed by atoms with Gasteiger partial charge in [0.25, 0.3) is 0 Å². The molecule has 0 unspecified atom stereocenters. The molecule has 3 heterocycles. The smallest absolute Gasteiger partial charge is 0.143 e. The molecule has 0 bridgehead atoms. The van der Waals surface area contributed by atoms with E-state index in [-0.39, 0.29) is 0 Å². The number of fused-ring (bicyclic) bond motifs is 1. The maximum atomic E-state index is 4.92. The quantitative estimate of drug-likeness (QED) is 0.479. The average Bonchev–Trinajstić information content (AvgIpc) is 3.07. The topological polar surface area (TPSA) is 42.2 Å². The second kappa shape index (κ2) is 7.84. The lowest BCUT2D eigenvalue weighted by Gasteiger charge is -2.10. The molecule has 0 aliphatic heterocycles. The first-order chi connectivity index (χ1) is 13.3. The molecule has 0 fully saturated rings. The van der Waals surface area contributed by atoms with Crippen LogP contribution in [-0.2, 0) is 12.2 Å². The van der Waals surface area contributed by atoms with Crippen LogP contribution in [0.3, 0.4) is 0 Å². The second-order valence-electron chi connectivity index (χ2n) is 6.43. The Hall–Kier alpha value is -2.79. The Morgan fingerprint density at radius 1 is 1.07 bits per heavy atom. The van der Waals surface area contributed by atoms with Gasteiger partial charge in [0, 0.05) is 35.6 Å². The molecule has 1 N–H and O–H groups in total. The molecule has 0 aliphatic rings. The Bertz CT molecular complexity index is 1060. The molecule has 4 nitrogen and oxygen atoms in total. The fourth-order valence-corrected chi connectivity index (χ4v) is 3.69. The Kier molecular flexibility index (Phi) is 5.12. The van der Waals surface area contributed by atoms with Gasteiger partial charge in [0.1, 0.15) is 17.2 Å². The Balaban J connectivity index is 1.85. The van der Waals surface area contributed by atoms with E-state index in [0.717, 1.165) is 40.6 Å². The lowest BCUT2D eigenvalue weighted by molar-refractivity contribution is 1.14. The van der Waals surface area contributed by atoms with Crippen molar-refractivity contribution in [2.24, 2.45) is 0 Å². The van der Waals surface area contributed by atoms with Gasteiger partial charge in [-0.25, -0.2) is 4.98 Å². The largest absolute Gasteiger partial charge is 0.339 e. The number of hydrogen-bond acceptors (Lipinski definition) is 4. The molecule has 0 saturated heterocycles. The fraction of sp³-hybridized carbons (Fsp3) is 0.182. The third-order valence-corrected chi connectivity index (χ3v) is 5.16. The zero-order valence-corrected chi connectivity index (χ0v) is 16.3. The number of rotatable bonds is 6. The molecule has 0 amide bonds. The maximum absolute atomic E-state index is 4.92. The normalized spacial score (nSPS) is 11.0. The lowest BCUT2D eigenvalue weighted by Crippen LogP contribution is -1.98. The van der Waals surface area contributed by atoms with Gasteiger partial charge in [0.2, 0.25) is 0 Å². The first-order valence-corrected chi connectivity index (χ1v) is 10.4. The third kappa shape index (κ3) is 3.69. The highest BCUT2D eigenvalue weighted by Crippen LogP contribution is 2.31. The summed E-state index contributed by atoms with van der Waals surface area (Å²) in [5.41, 5.74) is 6.49. The molecule has 5 heteroatoms. The lowest BCUT2D eigenvalue weighted by atomic mass is 10.1. The van der Waals surface area contributed by atoms with E-state index in [1.165, 1.54) is 11.1 Å². The van der Waals surface area contributed by atoms with E-state index in [0.29, 0.717) is 0 Å². The molecular weight excluding hydrogens is 352 g/mol. The van der Waals surface area contributed by atoms with Crippen LogP contribution in [0.15, 0.2) is 67.1 Å². The summed E-state index contributed by atoms with van der Waals surface area (Å²) in [6, 6.07) is 16.8. The van der Waals surface area contributed by atoms with Crippen LogP contribution in [-0.4, -0.2) is 20.6 Å². The number of nitrogens with zero attached hydrogens (tertiary/aromatic N) is 3. The van der Waals surface area contributed by atoms with Crippen molar-refractivity contribution < 1.29 is 0 Å². The first kappa shape index (κ1) is 17.6. The summed E-state index contributed by atoms with van der Waals surface area (Å²) in [7, 11) is 0. The SMILES string of the molecule is CCc1cccc(Nc2c(-c3cccnc3)nc3cc(CSC)ccn23)c1. The Morgan fingerprint density at radius 3 is 2.78 bits per heavy atom. The summed E-state index contributed by atoms with van der Waals surface area (Å²) in [6.45, 7) is 2.17. The van der Waals surface area contributed by atoms with Crippen LogP contribution in [0.5, 0.6) is 0 Å². The number of imidazole rings is 1. The number of benzene rings is 1. The van der Waals surface area contributed by atoms with Crippen LogP contribution in [0, 0.1) is 0 Å². The summed E-state index contributed by atoms with van der Waals surface area (Å²) in [5, 5.41) is 3.59. The van der Waals surface area contributed by atoms with Gasteiger partial charge < -0.3 is 5.32 Å². The molecular formula is C22H22N4S. The number of aryl methyl sites for hydroxylation is 1. The minimum absolute atomic E-state index is 0.909. The number of anilines is 2. The molecule has 1 aromatic carbocycles. The van der Waals surface area contributed by atoms with E-state index >= 15 is 0 Å². The van der Waals surface area contributed by atoms with Crippen molar-refractivity contribution in [2.75, 3.05) is 11.6 Å². The average molecular weight is 375 g/mol. The zero-order valence-electron chi connectivity index (χ0n) is 15.5. The van der Waals surface area contributed by atoms with Crippen molar-refractivity contribution in [3.63, 3.8) is 0 Å². The highest BCUT2D eigenvalue weighted by molar-refractivity contribution is 7.97. The monoisotopic (exact) mass is 374 g/mol. The van der Waals surface area contributed by atoms with Gasteiger partial charge in [-0.3, -0.25) is 9.38 Å². The molecule has 0 spiro atoms. The number of pyridine rings is 2. The summed E-state index contributed by atoms with van der Waals surface area (Å²) >= 11 is 1.81. The van der Waals surface area contributed by atoms with Crippen LogP contribution in [0.25, 0.3) is 16.9 Å². The summed E-state index contributed by atoms with van der Waals surface area (Å²) in [6.07, 6.45) is 8.87. The van der Waals surface area contributed by atoms with Gasteiger partial charge in [-0.1, -0.05) is 19.1 Å². The van der Waals surface area contributed by atoms with E-state index < -0.39 is 0 Å². The minimum Gasteiger partial charge on any atom is -0.339 e. The van der Waals surface area contributed by atoms with E-state index in [1.54, 1.807) is 6.20 Å². The zero-order chi connectivity index (χ0) is 18.6. The van der Waals surface area contributed by atoms with Crippen LogP contribution in [0.2, 0.25) is 0 Å². The van der Waals surface area contributed by atoms with Crippen LogP contribution in [0.1, 0.15) is 18.1 Å². The minimum atomic E-state index is 0.909. The van der Waals surface area contributed by atoms with Crippen LogP contribution >= 0.6 is 11.8 Å². The Labute approximate surface area is 163 Å². The predicted molar refractivity (Wildman–Crippen MR) is 115 cm³/mol. The molecule has 136 valence electrons. The number of hydrogen-bond donors (Lipinski definition) is 1. The standard InChI is InChI=1S/C22H22N4S/c1-3-16-6-4-8-19(12-16)24-22-21(18-7-5-10-23-14-18)25-20-13-17(15-27-2)9-11-26(20)22/h4-14,24H,3,15H2,1-2H3. The van der Waals surface area contributed by atoms with Gasteiger partial charge in [0.15, 0.2) is 0 Å². The van der Waals surface area contributed by atoms with E-state index in [1.807, 2.05) is 30.1 Å². The van der Waals surface area contributed by atoms with Gasteiger partial charge in [-0.05, 0) is 60.2 Å². The molecule has 0 atom stereocenters. The van der Waals surface area contributed by atoms with Crippen molar-refractivity contribution >= 4 is 28.9 Å². The van der Waals surface area contributed by atoms with Crippen LogP contribution in [0.4, 0.5) is 11.5 Å². The van der Waals surface area contributed by atoms with Crippen molar-refractivity contribution in [2.45, 2.75) is 19.1 Å². The van der Waals surface area contributed by atoms with Crippen molar-refractivity contribution in [3.05, 3.63) is 78.2 Å². The second-order valence-corrected chi connectivity index (χ2v) is 7.29. The van der Waals surface area contributed by atoms with Gasteiger partial charge in [-0.15, -0.1) is 0 Å². The number of thioether (sulfide) groups is 1.